The number of aromatic nitrogens is 2. The maximum Gasteiger partial charge on any atom is 0.225 e. The predicted octanol–water partition coefficient (Wildman–Crippen LogP) is 5.57. The zero-order valence-electron chi connectivity index (χ0n) is 19.8. The predicted molar refractivity (Wildman–Crippen MR) is 141 cm³/mol. The van der Waals surface area contributed by atoms with E-state index >= 15 is 0 Å². The molecular weight excluding hydrogens is 432 g/mol. The number of anilines is 2. The number of hydrogen-bond donors (Lipinski definition) is 2. The Kier molecular flexibility index (Phi) is 6.85. The molecule has 0 unspecified atom stereocenters. The molecule has 3 N–H and O–H groups in total. The Morgan fingerprint density at radius 2 is 1.54 bits per heavy atom. The lowest BCUT2D eigenvalue weighted by atomic mass is 9.91. The third kappa shape index (κ3) is 5.57. The molecule has 5 nitrogen and oxygen atoms in total. The highest BCUT2D eigenvalue weighted by Crippen LogP contribution is 2.34. The van der Waals surface area contributed by atoms with Crippen molar-refractivity contribution in [3.8, 4) is 11.3 Å². The fourth-order valence-electron chi connectivity index (χ4n) is 4.67. The Bertz CT molecular complexity index is 1320. The molecule has 0 saturated heterocycles. The first kappa shape index (κ1) is 22.8. The number of benzene rings is 3. The SMILES string of the molecule is Nc1ccc2c(c1)CCc1nc(NC(=O)CCCc3ccccc3)c(CCc3ccccc3)nc1-2. The molecule has 0 fully saturated rings. The van der Waals surface area contributed by atoms with Crippen LogP contribution in [0.4, 0.5) is 11.5 Å². The minimum Gasteiger partial charge on any atom is -0.399 e. The Morgan fingerprint density at radius 1 is 0.829 bits per heavy atom. The van der Waals surface area contributed by atoms with Gasteiger partial charge in [0.1, 0.15) is 0 Å². The number of rotatable bonds is 8. The molecule has 0 saturated carbocycles. The van der Waals surface area contributed by atoms with Gasteiger partial charge in [-0.3, -0.25) is 4.79 Å². The van der Waals surface area contributed by atoms with Crippen LogP contribution in [0.1, 0.15) is 40.9 Å². The van der Waals surface area contributed by atoms with Crippen LogP contribution in [0.2, 0.25) is 0 Å². The summed E-state index contributed by atoms with van der Waals surface area (Å²) in [6, 6.07) is 26.6. The van der Waals surface area contributed by atoms with Crippen molar-refractivity contribution >= 4 is 17.4 Å². The van der Waals surface area contributed by atoms with Crippen molar-refractivity contribution in [1.82, 2.24) is 9.97 Å². The second-order valence-corrected chi connectivity index (χ2v) is 9.10. The van der Waals surface area contributed by atoms with Crippen LogP contribution in [0, 0.1) is 0 Å². The van der Waals surface area contributed by atoms with E-state index in [0.29, 0.717) is 18.7 Å². The number of fused-ring (bicyclic) bond motifs is 3. The number of nitrogen functional groups attached to an aromatic ring is 1. The Labute approximate surface area is 206 Å². The van der Waals surface area contributed by atoms with E-state index in [9.17, 15) is 4.79 Å². The molecule has 176 valence electrons. The van der Waals surface area contributed by atoms with E-state index < -0.39 is 0 Å². The van der Waals surface area contributed by atoms with E-state index in [-0.39, 0.29) is 5.91 Å². The van der Waals surface area contributed by atoms with Crippen molar-refractivity contribution < 1.29 is 4.79 Å². The first-order valence-electron chi connectivity index (χ1n) is 12.3. The van der Waals surface area contributed by atoms with Crippen LogP contribution >= 0.6 is 0 Å². The van der Waals surface area contributed by atoms with E-state index in [0.717, 1.165) is 60.4 Å². The van der Waals surface area contributed by atoms with Crippen molar-refractivity contribution in [2.45, 2.75) is 44.9 Å². The van der Waals surface area contributed by atoms with Gasteiger partial charge in [-0.1, -0.05) is 66.7 Å². The molecule has 5 rings (SSSR count). The quantitative estimate of drug-likeness (QED) is 0.335. The first-order chi connectivity index (χ1) is 17.2. The Hall–Kier alpha value is -3.99. The average molecular weight is 463 g/mol. The fourth-order valence-corrected chi connectivity index (χ4v) is 4.67. The minimum atomic E-state index is -0.0138. The molecule has 0 radical (unpaired) electrons. The number of nitrogens with one attached hydrogen (secondary N) is 1. The lowest BCUT2D eigenvalue weighted by molar-refractivity contribution is -0.116. The molecule has 5 heteroatoms. The van der Waals surface area contributed by atoms with Gasteiger partial charge >= 0.3 is 0 Å². The fraction of sp³-hybridized carbons (Fsp3) is 0.233. The highest BCUT2D eigenvalue weighted by molar-refractivity contribution is 5.90. The number of carbonyl (C=O) groups excluding carboxylic acids is 1. The topological polar surface area (TPSA) is 80.9 Å². The number of amides is 1. The minimum absolute atomic E-state index is 0.0138. The lowest BCUT2D eigenvalue weighted by Crippen LogP contribution is -2.18. The molecule has 0 atom stereocenters. The number of carbonyl (C=O) groups is 1. The van der Waals surface area contributed by atoms with E-state index in [4.69, 9.17) is 15.7 Å². The second-order valence-electron chi connectivity index (χ2n) is 9.10. The molecule has 3 aromatic carbocycles. The first-order valence-corrected chi connectivity index (χ1v) is 12.3. The molecule has 35 heavy (non-hydrogen) atoms. The van der Waals surface area contributed by atoms with Crippen molar-refractivity contribution in [3.05, 3.63) is 107 Å². The molecule has 1 aliphatic rings. The van der Waals surface area contributed by atoms with Crippen molar-refractivity contribution in [2.24, 2.45) is 0 Å². The highest BCUT2D eigenvalue weighted by Gasteiger charge is 2.22. The average Bonchev–Trinajstić information content (AvgIpc) is 2.88. The number of nitrogens with two attached hydrogens (primary N) is 1. The number of hydrogen-bond acceptors (Lipinski definition) is 4. The van der Waals surface area contributed by atoms with Gasteiger partial charge in [0.05, 0.1) is 17.1 Å². The third-order valence-corrected chi connectivity index (χ3v) is 6.52. The maximum absolute atomic E-state index is 12.8. The van der Waals surface area contributed by atoms with Crippen LogP contribution in [0.15, 0.2) is 78.9 Å². The summed E-state index contributed by atoms with van der Waals surface area (Å²) < 4.78 is 0. The van der Waals surface area contributed by atoms with Crippen LogP contribution in [-0.2, 0) is 36.9 Å². The van der Waals surface area contributed by atoms with Gasteiger partial charge in [-0.05, 0) is 67.3 Å². The molecule has 1 heterocycles. The van der Waals surface area contributed by atoms with Crippen LogP contribution in [0.25, 0.3) is 11.3 Å². The van der Waals surface area contributed by atoms with Gasteiger partial charge in [0, 0.05) is 17.7 Å². The maximum atomic E-state index is 12.8. The zero-order chi connectivity index (χ0) is 24.0. The normalized spacial score (nSPS) is 12.0. The summed E-state index contributed by atoms with van der Waals surface area (Å²) in [5, 5.41) is 3.08. The van der Waals surface area contributed by atoms with E-state index in [2.05, 4.69) is 29.6 Å². The van der Waals surface area contributed by atoms with Crippen LogP contribution < -0.4 is 11.1 Å². The third-order valence-electron chi connectivity index (χ3n) is 6.52. The van der Waals surface area contributed by atoms with Crippen molar-refractivity contribution in [3.63, 3.8) is 0 Å². The molecule has 1 amide bonds. The van der Waals surface area contributed by atoms with Crippen LogP contribution in [-0.4, -0.2) is 15.9 Å². The second kappa shape index (κ2) is 10.5. The summed E-state index contributed by atoms with van der Waals surface area (Å²) >= 11 is 0. The van der Waals surface area contributed by atoms with E-state index in [1.54, 1.807) is 0 Å². The summed E-state index contributed by atoms with van der Waals surface area (Å²) in [6.07, 6.45) is 5.32. The number of aryl methyl sites for hydroxylation is 5. The molecule has 1 aromatic heterocycles. The van der Waals surface area contributed by atoms with Gasteiger partial charge < -0.3 is 11.1 Å². The Balaban J connectivity index is 1.37. The largest absolute Gasteiger partial charge is 0.399 e. The summed E-state index contributed by atoms with van der Waals surface area (Å²) in [4.78, 5) is 22.8. The summed E-state index contributed by atoms with van der Waals surface area (Å²) in [5.74, 6) is 0.586. The zero-order valence-corrected chi connectivity index (χ0v) is 19.8. The van der Waals surface area contributed by atoms with Crippen LogP contribution in [0.3, 0.4) is 0 Å². The molecule has 4 aromatic rings. The van der Waals surface area contributed by atoms with Crippen molar-refractivity contribution in [2.75, 3.05) is 11.1 Å². The van der Waals surface area contributed by atoms with Gasteiger partial charge in [-0.2, -0.15) is 0 Å². The van der Waals surface area contributed by atoms with Gasteiger partial charge in [-0.25, -0.2) is 9.97 Å². The standard InChI is InChI=1S/C30H30N4O/c31-24-16-17-25-23(20-24)15-19-26-29(25)32-27(18-14-22-10-5-2-6-11-22)30(33-26)34-28(35)13-7-12-21-8-3-1-4-9-21/h1-6,8-11,16-17,20H,7,12-15,18-19,31H2,(H,33,34,35). The molecule has 0 bridgehead atoms. The van der Waals surface area contributed by atoms with Gasteiger partial charge in [-0.15, -0.1) is 0 Å². The molecule has 0 spiro atoms. The molecule has 1 aliphatic carbocycles. The van der Waals surface area contributed by atoms with Gasteiger partial charge in [0.15, 0.2) is 5.82 Å². The summed E-state index contributed by atoms with van der Waals surface area (Å²) in [7, 11) is 0. The van der Waals surface area contributed by atoms with Gasteiger partial charge in [0.2, 0.25) is 5.91 Å². The smallest absolute Gasteiger partial charge is 0.225 e. The monoisotopic (exact) mass is 462 g/mol. The lowest BCUT2D eigenvalue weighted by Gasteiger charge is -2.21. The Morgan fingerprint density at radius 3 is 2.29 bits per heavy atom. The highest BCUT2D eigenvalue weighted by atomic mass is 16.1. The molecule has 0 aliphatic heterocycles. The van der Waals surface area contributed by atoms with Crippen molar-refractivity contribution in [1.29, 1.82) is 0 Å². The van der Waals surface area contributed by atoms with Gasteiger partial charge in [0.25, 0.3) is 0 Å². The van der Waals surface area contributed by atoms with Crippen LogP contribution in [0.5, 0.6) is 0 Å². The summed E-state index contributed by atoms with van der Waals surface area (Å²) in [5.41, 5.74) is 14.2. The number of nitrogens with zero attached hydrogens (tertiary/aromatic N) is 2. The summed E-state index contributed by atoms with van der Waals surface area (Å²) in [6.45, 7) is 0. The van der Waals surface area contributed by atoms with E-state index in [1.165, 1.54) is 16.7 Å². The van der Waals surface area contributed by atoms with E-state index in [1.807, 2.05) is 54.6 Å². The molecular formula is C30H30N4O.